The SMILES string of the molecule is CC(C)(C)C(=O)CNS(=O)(=O)c1cccc(Cl)c1. The van der Waals surface area contributed by atoms with Crippen LogP contribution >= 0.6 is 11.6 Å². The van der Waals surface area contributed by atoms with Gasteiger partial charge in [0.05, 0.1) is 11.4 Å². The second-order valence-electron chi connectivity index (χ2n) is 4.96. The Hall–Kier alpha value is -0.910. The first-order valence-corrected chi connectivity index (χ1v) is 7.27. The molecule has 1 rings (SSSR count). The highest BCUT2D eigenvalue weighted by Crippen LogP contribution is 2.17. The van der Waals surface area contributed by atoms with E-state index in [1.165, 1.54) is 12.1 Å². The molecule has 0 saturated carbocycles. The largest absolute Gasteiger partial charge is 0.298 e. The van der Waals surface area contributed by atoms with Crippen molar-refractivity contribution >= 4 is 27.4 Å². The van der Waals surface area contributed by atoms with Crippen LogP contribution in [0.2, 0.25) is 5.02 Å². The van der Waals surface area contributed by atoms with Crippen LogP contribution in [0.3, 0.4) is 0 Å². The highest BCUT2D eigenvalue weighted by molar-refractivity contribution is 7.89. The molecule has 0 amide bonds. The van der Waals surface area contributed by atoms with Crippen LogP contribution in [0.5, 0.6) is 0 Å². The summed E-state index contributed by atoms with van der Waals surface area (Å²) in [5.74, 6) is -0.173. The van der Waals surface area contributed by atoms with Crippen molar-refractivity contribution in [1.82, 2.24) is 4.72 Å². The van der Waals surface area contributed by atoms with Crippen LogP contribution in [-0.2, 0) is 14.8 Å². The van der Waals surface area contributed by atoms with Crippen molar-refractivity contribution in [2.75, 3.05) is 6.54 Å². The minimum Gasteiger partial charge on any atom is -0.298 e. The molecule has 4 nitrogen and oxygen atoms in total. The summed E-state index contributed by atoms with van der Waals surface area (Å²) in [5.41, 5.74) is -0.573. The summed E-state index contributed by atoms with van der Waals surface area (Å²) in [6, 6.07) is 5.89. The second kappa shape index (κ2) is 5.38. The minimum absolute atomic E-state index is 0.0525. The van der Waals surface area contributed by atoms with Crippen LogP contribution in [0.4, 0.5) is 0 Å². The second-order valence-corrected chi connectivity index (χ2v) is 7.16. The zero-order valence-corrected chi connectivity index (χ0v) is 12.1. The summed E-state index contributed by atoms with van der Waals surface area (Å²) in [4.78, 5) is 11.7. The van der Waals surface area contributed by atoms with Crippen LogP contribution in [0.1, 0.15) is 20.8 Å². The molecule has 1 aromatic carbocycles. The lowest BCUT2D eigenvalue weighted by Crippen LogP contribution is -2.35. The van der Waals surface area contributed by atoms with Gasteiger partial charge >= 0.3 is 0 Å². The number of hydrogen-bond donors (Lipinski definition) is 1. The van der Waals surface area contributed by atoms with E-state index in [1.54, 1.807) is 32.9 Å². The van der Waals surface area contributed by atoms with Gasteiger partial charge < -0.3 is 0 Å². The number of Topliss-reactive ketones (excluding diaryl/α,β-unsaturated/α-hetero) is 1. The summed E-state index contributed by atoms with van der Waals surface area (Å²) in [5, 5.41) is 0.333. The Bertz CT molecular complexity index is 547. The molecule has 0 heterocycles. The van der Waals surface area contributed by atoms with Crippen molar-refractivity contribution in [2.24, 2.45) is 5.41 Å². The third-order valence-electron chi connectivity index (χ3n) is 2.37. The van der Waals surface area contributed by atoms with Crippen molar-refractivity contribution in [3.05, 3.63) is 29.3 Å². The lowest BCUT2D eigenvalue weighted by Gasteiger charge is -2.16. The van der Waals surface area contributed by atoms with E-state index in [9.17, 15) is 13.2 Å². The molecule has 18 heavy (non-hydrogen) atoms. The normalized spacial score (nSPS) is 12.4. The average Bonchev–Trinajstić information content (AvgIpc) is 2.24. The number of hydrogen-bond acceptors (Lipinski definition) is 3. The Kier molecular flexibility index (Phi) is 4.53. The first kappa shape index (κ1) is 15.1. The van der Waals surface area contributed by atoms with Gasteiger partial charge in [-0.25, -0.2) is 13.1 Å². The predicted octanol–water partition coefficient (Wildman–Crippen LogP) is 2.23. The third-order valence-corrected chi connectivity index (χ3v) is 4.00. The monoisotopic (exact) mass is 289 g/mol. The lowest BCUT2D eigenvalue weighted by molar-refractivity contribution is -0.125. The van der Waals surface area contributed by atoms with Crippen molar-refractivity contribution in [2.45, 2.75) is 25.7 Å². The molecule has 0 spiro atoms. The van der Waals surface area contributed by atoms with Gasteiger partial charge in [0.1, 0.15) is 0 Å². The minimum atomic E-state index is -3.69. The Morgan fingerprint density at radius 3 is 2.44 bits per heavy atom. The molecule has 0 aromatic heterocycles. The highest BCUT2D eigenvalue weighted by atomic mass is 35.5. The highest BCUT2D eigenvalue weighted by Gasteiger charge is 2.23. The standard InChI is InChI=1S/C12H16ClNO3S/c1-12(2,3)11(15)8-14-18(16,17)10-6-4-5-9(13)7-10/h4-7,14H,8H2,1-3H3. The summed E-state index contributed by atoms with van der Waals surface area (Å²) < 4.78 is 26.1. The molecular weight excluding hydrogens is 274 g/mol. The topological polar surface area (TPSA) is 63.2 Å². The van der Waals surface area contributed by atoms with Crippen molar-refractivity contribution in [3.8, 4) is 0 Å². The van der Waals surface area contributed by atoms with Gasteiger partial charge in [-0.3, -0.25) is 4.79 Å². The molecule has 0 fully saturated rings. The molecule has 0 bridgehead atoms. The van der Waals surface area contributed by atoms with Gasteiger partial charge in [-0.1, -0.05) is 38.4 Å². The number of sulfonamides is 1. The average molecular weight is 290 g/mol. The van der Waals surface area contributed by atoms with E-state index in [0.717, 1.165) is 0 Å². The van der Waals surface area contributed by atoms with Gasteiger partial charge in [-0.15, -0.1) is 0 Å². The number of rotatable bonds is 4. The molecular formula is C12H16ClNO3S. The zero-order chi connectivity index (χ0) is 14.0. The molecule has 0 aliphatic carbocycles. The molecule has 1 aromatic rings. The van der Waals surface area contributed by atoms with E-state index in [0.29, 0.717) is 5.02 Å². The van der Waals surface area contributed by atoms with E-state index in [2.05, 4.69) is 4.72 Å². The number of halogens is 1. The Labute approximate surface area is 112 Å². The van der Waals surface area contributed by atoms with E-state index < -0.39 is 15.4 Å². The summed E-state index contributed by atoms with van der Waals surface area (Å²) in [6.45, 7) is 4.99. The fourth-order valence-corrected chi connectivity index (χ4v) is 2.43. The van der Waals surface area contributed by atoms with E-state index in [4.69, 9.17) is 11.6 Å². The Balaban J connectivity index is 2.81. The molecule has 0 atom stereocenters. The summed E-state index contributed by atoms with van der Waals surface area (Å²) in [6.07, 6.45) is 0. The van der Waals surface area contributed by atoms with Gasteiger partial charge in [0, 0.05) is 10.4 Å². The fourth-order valence-electron chi connectivity index (χ4n) is 1.14. The van der Waals surface area contributed by atoms with E-state index in [1.807, 2.05) is 0 Å². The molecule has 6 heteroatoms. The van der Waals surface area contributed by atoms with Crippen molar-refractivity contribution in [3.63, 3.8) is 0 Å². The van der Waals surface area contributed by atoms with Gasteiger partial charge in [0.15, 0.2) is 5.78 Å². The number of nitrogens with one attached hydrogen (secondary N) is 1. The first-order valence-electron chi connectivity index (χ1n) is 5.41. The number of carbonyl (C=O) groups is 1. The quantitative estimate of drug-likeness (QED) is 0.924. The van der Waals surface area contributed by atoms with Crippen LogP contribution in [-0.4, -0.2) is 20.7 Å². The van der Waals surface area contributed by atoms with Gasteiger partial charge in [0.2, 0.25) is 10.0 Å². The lowest BCUT2D eigenvalue weighted by atomic mass is 9.91. The van der Waals surface area contributed by atoms with Crippen molar-refractivity contribution < 1.29 is 13.2 Å². The first-order chi connectivity index (χ1) is 8.13. The molecule has 0 saturated heterocycles. The Morgan fingerprint density at radius 1 is 1.33 bits per heavy atom. The van der Waals surface area contributed by atoms with Gasteiger partial charge in [0.25, 0.3) is 0 Å². The maximum absolute atomic E-state index is 11.9. The maximum atomic E-state index is 11.9. The van der Waals surface area contributed by atoms with Crippen LogP contribution in [0.15, 0.2) is 29.2 Å². The van der Waals surface area contributed by atoms with E-state index >= 15 is 0 Å². The molecule has 0 unspecified atom stereocenters. The molecule has 100 valence electrons. The van der Waals surface area contributed by atoms with Crippen LogP contribution < -0.4 is 4.72 Å². The zero-order valence-electron chi connectivity index (χ0n) is 10.5. The van der Waals surface area contributed by atoms with Gasteiger partial charge in [-0.2, -0.15) is 0 Å². The fraction of sp³-hybridized carbons (Fsp3) is 0.417. The van der Waals surface area contributed by atoms with Crippen LogP contribution in [0, 0.1) is 5.41 Å². The number of ketones is 1. The van der Waals surface area contributed by atoms with Gasteiger partial charge in [-0.05, 0) is 18.2 Å². The number of benzene rings is 1. The molecule has 0 radical (unpaired) electrons. The third kappa shape index (κ3) is 4.08. The molecule has 0 aliphatic heterocycles. The molecule has 0 aliphatic rings. The summed E-state index contributed by atoms with van der Waals surface area (Å²) >= 11 is 5.73. The maximum Gasteiger partial charge on any atom is 0.241 e. The van der Waals surface area contributed by atoms with E-state index in [-0.39, 0.29) is 17.2 Å². The Morgan fingerprint density at radius 2 is 1.94 bits per heavy atom. The predicted molar refractivity (Wildman–Crippen MR) is 71.1 cm³/mol. The smallest absolute Gasteiger partial charge is 0.241 e. The van der Waals surface area contributed by atoms with Crippen LogP contribution in [0.25, 0.3) is 0 Å². The molecule has 1 N–H and O–H groups in total. The summed E-state index contributed by atoms with van der Waals surface area (Å²) in [7, 11) is -3.69. The van der Waals surface area contributed by atoms with Crippen molar-refractivity contribution in [1.29, 1.82) is 0 Å². The number of carbonyl (C=O) groups excluding carboxylic acids is 1.